The molecule has 0 unspecified atom stereocenters. The van der Waals surface area contributed by atoms with Crippen LogP contribution in [0.1, 0.15) is 57.7 Å². The highest BCUT2D eigenvalue weighted by molar-refractivity contribution is 5.74. The Morgan fingerprint density at radius 3 is 2.26 bits per heavy atom. The predicted molar refractivity (Wildman–Crippen MR) is 80.3 cm³/mol. The van der Waals surface area contributed by atoms with Crippen molar-refractivity contribution in [3.8, 4) is 0 Å². The van der Waals surface area contributed by atoms with Gasteiger partial charge in [0.2, 0.25) is 0 Å². The Morgan fingerprint density at radius 1 is 1.11 bits per heavy atom. The molecule has 2 amide bonds. The summed E-state index contributed by atoms with van der Waals surface area (Å²) in [5.41, 5.74) is 2.49. The molecule has 0 radical (unpaired) electrons. The van der Waals surface area contributed by atoms with Crippen LogP contribution in [0, 0.1) is 0 Å². The Kier molecular flexibility index (Phi) is 6.40. The van der Waals surface area contributed by atoms with Gasteiger partial charge in [0.15, 0.2) is 0 Å². The molecule has 0 saturated carbocycles. The van der Waals surface area contributed by atoms with Crippen LogP contribution in [0.15, 0.2) is 24.3 Å². The highest BCUT2D eigenvalue weighted by Crippen LogP contribution is 2.14. The molecule has 1 aromatic carbocycles. The van der Waals surface area contributed by atoms with Crippen LogP contribution in [0.4, 0.5) is 4.79 Å². The lowest BCUT2D eigenvalue weighted by Gasteiger charge is -2.18. The van der Waals surface area contributed by atoms with Crippen molar-refractivity contribution in [2.75, 3.05) is 0 Å². The predicted octanol–water partition coefficient (Wildman–Crippen LogP) is 3.80. The SMILES string of the molecule is CCCc1ccc([C@@H](C)NC(=O)N[C@H](C)CC)cc1. The van der Waals surface area contributed by atoms with E-state index in [-0.39, 0.29) is 18.1 Å². The minimum Gasteiger partial charge on any atom is -0.336 e. The zero-order valence-corrected chi connectivity index (χ0v) is 12.5. The van der Waals surface area contributed by atoms with E-state index in [0.29, 0.717) is 0 Å². The molecular formula is C16H26N2O. The van der Waals surface area contributed by atoms with E-state index in [0.717, 1.165) is 24.8 Å². The Labute approximate surface area is 116 Å². The standard InChI is InChI=1S/C16H26N2O/c1-5-7-14-8-10-15(11-9-14)13(4)18-16(19)17-12(3)6-2/h8-13H,5-7H2,1-4H3,(H2,17,18,19)/t12-,13-/m1/s1. The number of urea groups is 1. The molecule has 3 nitrogen and oxygen atoms in total. The number of nitrogens with one attached hydrogen (secondary N) is 2. The van der Waals surface area contributed by atoms with Crippen molar-refractivity contribution in [2.24, 2.45) is 0 Å². The number of amides is 2. The van der Waals surface area contributed by atoms with Gasteiger partial charge in [0.25, 0.3) is 0 Å². The number of aryl methyl sites for hydroxylation is 1. The normalized spacial score (nSPS) is 13.7. The molecule has 2 N–H and O–H groups in total. The van der Waals surface area contributed by atoms with Gasteiger partial charge in [0.1, 0.15) is 0 Å². The fourth-order valence-corrected chi connectivity index (χ4v) is 1.91. The van der Waals surface area contributed by atoms with Gasteiger partial charge in [-0.05, 0) is 37.8 Å². The van der Waals surface area contributed by atoms with Gasteiger partial charge < -0.3 is 10.6 Å². The molecule has 0 heterocycles. The fraction of sp³-hybridized carbons (Fsp3) is 0.562. The van der Waals surface area contributed by atoms with Crippen molar-refractivity contribution in [1.29, 1.82) is 0 Å². The summed E-state index contributed by atoms with van der Waals surface area (Å²) in [6, 6.07) is 8.62. The number of hydrogen-bond donors (Lipinski definition) is 2. The molecule has 2 atom stereocenters. The van der Waals surface area contributed by atoms with Crippen molar-refractivity contribution in [3.05, 3.63) is 35.4 Å². The molecule has 0 fully saturated rings. The highest BCUT2D eigenvalue weighted by Gasteiger charge is 2.10. The quantitative estimate of drug-likeness (QED) is 0.804. The second kappa shape index (κ2) is 7.82. The second-order valence-corrected chi connectivity index (χ2v) is 5.14. The fourth-order valence-electron chi connectivity index (χ4n) is 1.91. The van der Waals surface area contributed by atoms with E-state index in [1.54, 1.807) is 0 Å². The zero-order chi connectivity index (χ0) is 14.3. The van der Waals surface area contributed by atoms with Gasteiger partial charge in [-0.1, -0.05) is 44.5 Å². The van der Waals surface area contributed by atoms with E-state index in [2.05, 4.69) is 48.7 Å². The lowest BCUT2D eigenvalue weighted by Crippen LogP contribution is -2.41. The summed E-state index contributed by atoms with van der Waals surface area (Å²) in [4.78, 5) is 11.7. The Hall–Kier alpha value is -1.51. The molecule has 0 saturated heterocycles. The van der Waals surface area contributed by atoms with Crippen LogP contribution in [0.2, 0.25) is 0 Å². The summed E-state index contributed by atoms with van der Waals surface area (Å²) < 4.78 is 0. The smallest absolute Gasteiger partial charge is 0.315 e. The first-order valence-corrected chi connectivity index (χ1v) is 7.22. The topological polar surface area (TPSA) is 41.1 Å². The summed E-state index contributed by atoms with van der Waals surface area (Å²) in [5, 5.41) is 5.87. The number of carbonyl (C=O) groups excluding carboxylic acids is 1. The van der Waals surface area contributed by atoms with Crippen molar-refractivity contribution >= 4 is 6.03 Å². The maximum atomic E-state index is 11.7. The highest BCUT2D eigenvalue weighted by atomic mass is 16.2. The Morgan fingerprint density at radius 2 is 1.74 bits per heavy atom. The van der Waals surface area contributed by atoms with Crippen LogP contribution >= 0.6 is 0 Å². The third-order valence-corrected chi connectivity index (χ3v) is 3.36. The van der Waals surface area contributed by atoms with E-state index < -0.39 is 0 Å². The van der Waals surface area contributed by atoms with E-state index in [1.807, 2.05) is 13.8 Å². The minimum absolute atomic E-state index is 0.0275. The summed E-state index contributed by atoms with van der Waals surface area (Å²) in [6.07, 6.45) is 3.20. The van der Waals surface area contributed by atoms with E-state index in [4.69, 9.17) is 0 Å². The maximum absolute atomic E-state index is 11.7. The Balaban J connectivity index is 2.52. The molecule has 19 heavy (non-hydrogen) atoms. The molecule has 0 aliphatic rings. The lowest BCUT2D eigenvalue weighted by molar-refractivity contribution is 0.234. The maximum Gasteiger partial charge on any atom is 0.315 e. The van der Waals surface area contributed by atoms with E-state index in [9.17, 15) is 4.79 Å². The van der Waals surface area contributed by atoms with Gasteiger partial charge in [-0.2, -0.15) is 0 Å². The minimum atomic E-state index is -0.0977. The average Bonchev–Trinajstić information content (AvgIpc) is 2.39. The van der Waals surface area contributed by atoms with E-state index >= 15 is 0 Å². The molecule has 3 heteroatoms. The van der Waals surface area contributed by atoms with Crippen LogP contribution in [0.5, 0.6) is 0 Å². The number of hydrogen-bond acceptors (Lipinski definition) is 1. The molecule has 0 aliphatic heterocycles. The van der Waals surface area contributed by atoms with Gasteiger partial charge in [0.05, 0.1) is 6.04 Å². The summed E-state index contributed by atoms with van der Waals surface area (Å²) in [5.74, 6) is 0. The van der Waals surface area contributed by atoms with Gasteiger partial charge in [-0.25, -0.2) is 4.79 Å². The monoisotopic (exact) mass is 262 g/mol. The molecular weight excluding hydrogens is 236 g/mol. The summed E-state index contributed by atoms with van der Waals surface area (Å²) in [6.45, 7) is 8.24. The van der Waals surface area contributed by atoms with Crippen molar-refractivity contribution in [3.63, 3.8) is 0 Å². The average molecular weight is 262 g/mol. The number of rotatable bonds is 6. The second-order valence-electron chi connectivity index (χ2n) is 5.14. The van der Waals surface area contributed by atoms with Crippen LogP contribution in [0.25, 0.3) is 0 Å². The molecule has 106 valence electrons. The van der Waals surface area contributed by atoms with Crippen LogP contribution in [0.3, 0.4) is 0 Å². The van der Waals surface area contributed by atoms with Crippen LogP contribution < -0.4 is 10.6 Å². The van der Waals surface area contributed by atoms with Crippen molar-refractivity contribution < 1.29 is 4.79 Å². The summed E-state index contributed by atoms with van der Waals surface area (Å²) in [7, 11) is 0. The molecule has 0 aliphatic carbocycles. The molecule has 0 aromatic heterocycles. The largest absolute Gasteiger partial charge is 0.336 e. The molecule has 1 rings (SSSR count). The molecule has 0 spiro atoms. The van der Waals surface area contributed by atoms with Crippen LogP contribution in [-0.4, -0.2) is 12.1 Å². The van der Waals surface area contributed by atoms with Gasteiger partial charge in [-0.15, -0.1) is 0 Å². The van der Waals surface area contributed by atoms with Crippen molar-refractivity contribution in [2.45, 2.75) is 59.0 Å². The summed E-state index contributed by atoms with van der Waals surface area (Å²) >= 11 is 0. The third kappa shape index (κ3) is 5.33. The first-order valence-electron chi connectivity index (χ1n) is 7.22. The van der Waals surface area contributed by atoms with Gasteiger partial charge in [0, 0.05) is 6.04 Å². The van der Waals surface area contributed by atoms with Crippen molar-refractivity contribution in [1.82, 2.24) is 10.6 Å². The first kappa shape index (κ1) is 15.5. The molecule has 0 bridgehead atoms. The van der Waals surface area contributed by atoms with E-state index in [1.165, 1.54) is 5.56 Å². The Bertz CT molecular complexity index is 386. The number of benzene rings is 1. The van der Waals surface area contributed by atoms with Gasteiger partial charge in [-0.3, -0.25) is 0 Å². The molecule has 1 aromatic rings. The zero-order valence-electron chi connectivity index (χ0n) is 12.5. The van der Waals surface area contributed by atoms with Crippen LogP contribution in [-0.2, 0) is 6.42 Å². The first-order chi connectivity index (χ1) is 9.06. The third-order valence-electron chi connectivity index (χ3n) is 3.36. The number of carbonyl (C=O) groups is 1. The lowest BCUT2D eigenvalue weighted by atomic mass is 10.0. The van der Waals surface area contributed by atoms with Gasteiger partial charge >= 0.3 is 6.03 Å².